The lowest BCUT2D eigenvalue weighted by molar-refractivity contribution is -0.404. The van der Waals surface area contributed by atoms with E-state index < -0.39 is 47.1 Å². The summed E-state index contributed by atoms with van der Waals surface area (Å²) < 4.78 is 91.0. The summed E-state index contributed by atoms with van der Waals surface area (Å²) >= 11 is 0. The standard InChI is InChI=1S/C25H25F6NO2/c1-22-15-8-13-19(32(22)21(33)17-9-4-2-5-10-17)20(14-16-22)34-23(24(26,27)28,25(29,30)31)18-11-6-3-7-12-18/h2-7,9-12,19-20H,8,13-16H2,1H3/t19-,20+,22+/m0/s1. The summed E-state index contributed by atoms with van der Waals surface area (Å²) in [6.45, 7) is 1.84. The molecule has 0 unspecified atom stereocenters. The topological polar surface area (TPSA) is 29.5 Å². The Balaban J connectivity index is 1.78. The van der Waals surface area contributed by atoms with E-state index in [-0.39, 0.29) is 19.3 Å². The monoisotopic (exact) mass is 485 g/mol. The van der Waals surface area contributed by atoms with Crippen molar-refractivity contribution in [1.29, 1.82) is 0 Å². The van der Waals surface area contributed by atoms with Crippen LogP contribution >= 0.6 is 0 Å². The summed E-state index contributed by atoms with van der Waals surface area (Å²) in [5, 5.41) is 0. The van der Waals surface area contributed by atoms with Gasteiger partial charge in [0.05, 0.1) is 12.1 Å². The molecule has 2 aliphatic heterocycles. The van der Waals surface area contributed by atoms with Gasteiger partial charge in [-0.3, -0.25) is 4.79 Å². The average molecular weight is 485 g/mol. The van der Waals surface area contributed by atoms with Crippen LogP contribution in [0.5, 0.6) is 0 Å². The molecule has 3 nitrogen and oxygen atoms in total. The lowest BCUT2D eigenvalue weighted by Crippen LogP contribution is -2.67. The average Bonchev–Trinajstić information content (AvgIpc) is 2.77. The number of ether oxygens (including phenoxy) is 1. The zero-order valence-corrected chi connectivity index (χ0v) is 18.5. The number of amides is 1. The number of fused-ring (bicyclic) bond motifs is 2. The molecule has 2 aromatic carbocycles. The molecule has 184 valence electrons. The SMILES string of the molecule is C[C@@]12CCC[C@@H]([C@H](OC(c3ccccc3)(C(F)(F)F)C(F)(F)F)CC1)N2C(=O)c1ccccc1. The Morgan fingerprint density at radius 1 is 0.882 bits per heavy atom. The summed E-state index contributed by atoms with van der Waals surface area (Å²) in [6, 6.07) is 12.5. The van der Waals surface area contributed by atoms with Gasteiger partial charge in [0.1, 0.15) is 0 Å². The van der Waals surface area contributed by atoms with Gasteiger partial charge in [-0.05, 0) is 51.2 Å². The fourth-order valence-corrected chi connectivity index (χ4v) is 5.43. The van der Waals surface area contributed by atoms with Crippen LogP contribution in [0.15, 0.2) is 60.7 Å². The Bertz CT molecular complexity index is 994. The number of carbonyl (C=O) groups is 1. The maximum atomic E-state index is 14.3. The number of carbonyl (C=O) groups excluding carboxylic acids is 1. The first-order valence-corrected chi connectivity index (χ1v) is 11.2. The molecule has 0 spiro atoms. The van der Waals surface area contributed by atoms with Gasteiger partial charge in [-0.2, -0.15) is 26.3 Å². The molecule has 1 amide bonds. The largest absolute Gasteiger partial charge is 0.430 e. The molecule has 3 atom stereocenters. The van der Waals surface area contributed by atoms with Gasteiger partial charge < -0.3 is 9.64 Å². The van der Waals surface area contributed by atoms with E-state index in [9.17, 15) is 31.1 Å². The maximum absolute atomic E-state index is 14.3. The molecular formula is C25H25F6NO2. The van der Waals surface area contributed by atoms with Gasteiger partial charge in [0, 0.05) is 16.7 Å². The van der Waals surface area contributed by atoms with Crippen LogP contribution in [0.25, 0.3) is 0 Å². The number of nitrogens with zero attached hydrogens (tertiary/aromatic N) is 1. The highest BCUT2D eigenvalue weighted by molar-refractivity contribution is 5.95. The smallest absolute Gasteiger partial charge is 0.348 e. The van der Waals surface area contributed by atoms with Gasteiger partial charge in [-0.25, -0.2) is 0 Å². The molecule has 2 heterocycles. The molecule has 0 N–H and O–H groups in total. The van der Waals surface area contributed by atoms with Crippen LogP contribution in [-0.4, -0.2) is 40.8 Å². The van der Waals surface area contributed by atoms with Crippen LogP contribution in [-0.2, 0) is 10.3 Å². The minimum Gasteiger partial charge on any atom is -0.348 e. The number of alkyl halides is 6. The predicted octanol–water partition coefficient (Wildman–Crippen LogP) is 6.64. The minimum absolute atomic E-state index is 0.0134. The minimum atomic E-state index is -5.77. The normalized spacial score (nSPS) is 25.8. The Morgan fingerprint density at radius 2 is 1.44 bits per heavy atom. The second-order valence-corrected chi connectivity index (χ2v) is 9.24. The third kappa shape index (κ3) is 3.97. The third-order valence-electron chi connectivity index (χ3n) is 7.07. The van der Waals surface area contributed by atoms with Gasteiger partial charge in [0.15, 0.2) is 0 Å². The zero-order chi connectivity index (χ0) is 24.8. The van der Waals surface area contributed by atoms with Gasteiger partial charge in [0.25, 0.3) is 11.5 Å². The summed E-state index contributed by atoms with van der Waals surface area (Å²) in [5.41, 5.74) is -5.86. The zero-order valence-electron chi connectivity index (χ0n) is 18.5. The van der Waals surface area contributed by atoms with E-state index >= 15 is 0 Å². The number of hydrogen-bond acceptors (Lipinski definition) is 2. The number of halogens is 6. The van der Waals surface area contributed by atoms with E-state index in [0.29, 0.717) is 18.4 Å². The lowest BCUT2D eigenvalue weighted by Gasteiger charge is -2.57. The second-order valence-electron chi connectivity index (χ2n) is 9.24. The molecule has 2 saturated heterocycles. The van der Waals surface area contributed by atoms with E-state index in [2.05, 4.69) is 0 Å². The molecule has 9 heteroatoms. The first-order valence-electron chi connectivity index (χ1n) is 11.2. The van der Waals surface area contributed by atoms with Crippen molar-refractivity contribution in [2.24, 2.45) is 0 Å². The van der Waals surface area contributed by atoms with Crippen LogP contribution in [0, 0.1) is 0 Å². The van der Waals surface area contributed by atoms with Crippen molar-refractivity contribution in [3.05, 3.63) is 71.8 Å². The summed E-state index contributed by atoms with van der Waals surface area (Å²) in [4.78, 5) is 14.9. The molecule has 0 aliphatic carbocycles. The van der Waals surface area contributed by atoms with Gasteiger partial charge in [0.2, 0.25) is 0 Å². The Kier molecular flexibility index (Phi) is 6.21. The highest BCUT2D eigenvalue weighted by Gasteiger charge is 2.74. The molecule has 4 rings (SSSR count). The first kappa shape index (κ1) is 24.6. The molecule has 0 aromatic heterocycles. The van der Waals surface area contributed by atoms with E-state index in [4.69, 9.17) is 4.74 Å². The molecule has 0 radical (unpaired) electrons. The van der Waals surface area contributed by atoms with Crippen LogP contribution < -0.4 is 0 Å². The molecule has 0 saturated carbocycles. The Morgan fingerprint density at radius 3 is 2.00 bits per heavy atom. The summed E-state index contributed by atoms with van der Waals surface area (Å²) in [5.74, 6) is -0.412. The summed E-state index contributed by atoms with van der Waals surface area (Å²) in [6.07, 6.45) is -11.3. The van der Waals surface area contributed by atoms with Gasteiger partial charge in [-0.15, -0.1) is 0 Å². The van der Waals surface area contributed by atoms with Crippen LogP contribution in [0.3, 0.4) is 0 Å². The highest BCUT2D eigenvalue weighted by Crippen LogP contribution is 2.55. The quantitative estimate of drug-likeness (QED) is 0.455. The number of hydrogen-bond donors (Lipinski definition) is 0. The van der Waals surface area contributed by atoms with Crippen molar-refractivity contribution >= 4 is 5.91 Å². The van der Waals surface area contributed by atoms with E-state index in [0.717, 1.165) is 24.3 Å². The van der Waals surface area contributed by atoms with E-state index in [1.54, 1.807) is 30.3 Å². The van der Waals surface area contributed by atoms with Crippen molar-refractivity contribution in [2.75, 3.05) is 0 Å². The molecule has 2 aromatic rings. The highest BCUT2D eigenvalue weighted by atomic mass is 19.4. The lowest BCUT2D eigenvalue weighted by atomic mass is 9.73. The Labute approximate surface area is 193 Å². The molecule has 34 heavy (non-hydrogen) atoms. The van der Waals surface area contributed by atoms with Crippen molar-refractivity contribution in [2.45, 2.75) is 74.7 Å². The predicted molar refractivity (Wildman–Crippen MR) is 113 cm³/mol. The fraction of sp³-hybridized carbons (Fsp3) is 0.480. The van der Waals surface area contributed by atoms with Crippen molar-refractivity contribution in [3.63, 3.8) is 0 Å². The second kappa shape index (κ2) is 8.59. The number of piperidine rings is 2. The molecule has 2 fully saturated rings. The fourth-order valence-electron chi connectivity index (χ4n) is 5.43. The van der Waals surface area contributed by atoms with Crippen molar-refractivity contribution in [3.8, 4) is 0 Å². The van der Waals surface area contributed by atoms with Gasteiger partial charge in [-0.1, -0.05) is 48.5 Å². The first-order chi connectivity index (χ1) is 15.9. The van der Waals surface area contributed by atoms with Crippen molar-refractivity contribution in [1.82, 2.24) is 4.90 Å². The van der Waals surface area contributed by atoms with E-state index in [1.807, 2.05) is 6.92 Å². The number of rotatable bonds is 4. The molecule has 2 aliphatic rings. The van der Waals surface area contributed by atoms with Crippen molar-refractivity contribution < 1.29 is 35.9 Å². The maximum Gasteiger partial charge on any atom is 0.430 e. The number of benzene rings is 2. The van der Waals surface area contributed by atoms with Crippen LogP contribution in [0.1, 0.15) is 54.9 Å². The van der Waals surface area contributed by atoms with Crippen LogP contribution in [0.4, 0.5) is 26.3 Å². The van der Waals surface area contributed by atoms with Gasteiger partial charge >= 0.3 is 12.4 Å². The third-order valence-corrected chi connectivity index (χ3v) is 7.07. The van der Waals surface area contributed by atoms with E-state index in [1.165, 1.54) is 11.0 Å². The van der Waals surface area contributed by atoms with Crippen LogP contribution in [0.2, 0.25) is 0 Å². The molecular weight excluding hydrogens is 460 g/mol. The summed E-state index contributed by atoms with van der Waals surface area (Å²) in [7, 11) is 0. The Hall–Kier alpha value is -2.55. The molecule has 2 bridgehead atoms.